The highest BCUT2D eigenvalue weighted by Crippen LogP contribution is 2.39. The molecule has 2 aromatic heterocycles. The van der Waals surface area contributed by atoms with Crippen LogP contribution < -0.4 is 10.6 Å². The monoisotopic (exact) mass is 922 g/mol. The average Bonchev–Trinajstić information content (AvgIpc) is 3.83. The fraction of sp³-hybridized carbons (Fsp3) is 0.300. The van der Waals surface area contributed by atoms with E-state index in [0.29, 0.717) is 69.2 Å². The van der Waals surface area contributed by atoms with Crippen LogP contribution in [0.5, 0.6) is 0 Å². The SMILES string of the molecule is CS(=O)(=O)O.CS(=O)(=O)O.C[C@H](CN1C(=O)c2ccc3c(c2C1=O)c1cc([N+](=O)[O-])ccc1n3C)NCCN[C@H](C)CN1C(=O)c2ccc3c(c2C1=O)c1cc([N+](=O)[O-])ccc1n3C. The first-order chi connectivity index (χ1) is 29.8. The van der Waals surface area contributed by atoms with Gasteiger partial charge >= 0.3 is 0 Å². The van der Waals surface area contributed by atoms with E-state index in [-0.39, 0.29) is 58.8 Å². The molecule has 2 aliphatic rings. The van der Waals surface area contributed by atoms with Crippen LogP contribution in [0.2, 0.25) is 0 Å². The van der Waals surface area contributed by atoms with Crippen molar-refractivity contribution >= 4 is 98.9 Å². The number of aryl methyl sites for hydroxylation is 2. The van der Waals surface area contributed by atoms with Gasteiger partial charge in [0.05, 0.1) is 44.6 Å². The summed E-state index contributed by atoms with van der Waals surface area (Å²) in [6, 6.07) is 15.2. The highest BCUT2D eigenvalue weighted by atomic mass is 32.2. The molecule has 8 rings (SSSR count). The van der Waals surface area contributed by atoms with Gasteiger partial charge < -0.3 is 19.8 Å². The normalized spacial score (nSPS) is 14.8. The molecule has 0 unspecified atom stereocenters. The summed E-state index contributed by atoms with van der Waals surface area (Å²) in [5.74, 6) is -1.78. The molecule has 0 aliphatic carbocycles. The number of nitro groups is 2. The van der Waals surface area contributed by atoms with E-state index in [1.807, 2.05) is 37.1 Å². The average molecular weight is 923 g/mol. The van der Waals surface area contributed by atoms with E-state index < -0.39 is 53.7 Å². The lowest BCUT2D eigenvalue weighted by atomic mass is 10.0. The fourth-order valence-electron chi connectivity index (χ4n) is 8.00. The van der Waals surface area contributed by atoms with Crippen LogP contribution >= 0.6 is 0 Å². The summed E-state index contributed by atoms with van der Waals surface area (Å²) in [5.41, 5.74) is 3.56. The number of benzene rings is 4. The number of aromatic nitrogens is 2. The zero-order valence-corrected chi connectivity index (χ0v) is 36.7. The largest absolute Gasteiger partial charge is 0.344 e. The molecule has 2 atom stereocenters. The van der Waals surface area contributed by atoms with Crippen LogP contribution in [0.4, 0.5) is 11.4 Å². The maximum atomic E-state index is 13.8. The molecule has 4 aromatic carbocycles. The number of hydrogen-bond acceptors (Lipinski definition) is 14. The second-order valence-corrected chi connectivity index (χ2v) is 18.3. The van der Waals surface area contributed by atoms with Crippen molar-refractivity contribution in [3.8, 4) is 0 Å². The number of amides is 4. The zero-order valence-electron chi connectivity index (χ0n) is 35.0. The Balaban J connectivity index is 0.000000615. The Kier molecular flexibility index (Phi) is 12.8. The third-order valence-electron chi connectivity index (χ3n) is 10.6. The minimum absolute atomic E-state index is 0.0924. The standard InChI is InChI=1S/C38H34N8O8.2CH4O3S/c1-19(17-43-35(47)23-7-11-29-31(33(23)37(43)49)25-15-21(45(51)52)5-9-27(25)41(29)3)39-13-14-40-20(2)18-44-36(48)24-8-12-30-32(34(24)38(44)50)26-16-22(46(53)54)6-10-28(26)42(30)4;2*1-5(2,3)4/h5-12,15-16,19-20,39-40H,13-14,17-18H2,1-4H3;2*1H3,(H,2,3,4)/t19-,20-;;/m1../s1. The molecule has 0 spiro atoms. The van der Waals surface area contributed by atoms with E-state index in [0.717, 1.165) is 0 Å². The molecular formula is C40H42N8O14S2. The first-order valence-electron chi connectivity index (χ1n) is 19.2. The van der Waals surface area contributed by atoms with E-state index in [1.165, 1.54) is 34.1 Å². The van der Waals surface area contributed by atoms with Crippen molar-refractivity contribution in [1.29, 1.82) is 0 Å². The lowest BCUT2D eigenvalue weighted by Crippen LogP contribution is -2.46. The number of carbonyl (C=O) groups excluding carboxylic acids is 4. The van der Waals surface area contributed by atoms with Gasteiger partial charge in [0.15, 0.2) is 0 Å². The molecule has 64 heavy (non-hydrogen) atoms. The quantitative estimate of drug-likeness (QED) is 0.0474. The molecule has 0 fully saturated rings. The van der Waals surface area contributed by atoms with Crippen molar-refractivity contribution in [2.24, 2.45) is 14.1 Å². The van der Waals surface area contributed by atoms with Crippen molar-refractivity contribution < 1.29 is 55.0 Å². The van der Waals surface area contributed by atoms with Crippen molar-refractivity contribution in [2.75, 3.05) is 38.7 Å². The lowest BCUT2D eigenvalue weighted by Gasteiger charge is -2.22. The van der Waals surface area contributed by atoms with Crippen LogP contribution in [-0.2, 0) is 34.3 Å². The molecule has 0 saturated carbocycles. The van der Waals surface area contributed by atoms with E-state index in [1.54, 1.807) is 36.4 Å². The number of rotatable bonds is 11. The second kappa shape index (κ2) is 17.5. The summed E-state index contributed by atoms with van der Waals surface area (Å²) in [5, 5.41) is 31.7. The third-order valence-corrected chi connectivity index (χ3v) is 10.6. The van der Waals surface area contributed by atoms with E-state index in [9.17, 15) is 56.2 Å². The Hall–Kier alpha value is -6.70. The number of nitrogens with one attached hydrogen (secondary N) is 2. The number of non-ortho nitro benzene ring substituents is 2. The van der Waals surface area contributed by atoms with Crippen molar-refractivity contribution in [2.45, 2.75) is 25.9 Å². The summed E-state index contributed by atoms with van der Waals surface area (Å²) in [4.78, 5) is 78.9. The van der Waals surface area contributed by atoms with Crippen LogP contribution in [0.1, 0.15) is 55.3 Å². The Labute approximate surface area is 364 Å². The van der Waals surface area contributed by atoms with Crippen LogP contribution in [0.25, 0.3) is 43.6 Å². The molecule has 6 aromatic rings. The lowest BCUT2D eigenvalue weighted by molar-refractivity contribution is -0.384. The molecule has 0 saturated heterocycles. The molecule has 338 valence electrons. The van der Waals surface area contributed by atoms with Gasteiger partial charge in [-0.15, -0.1) is 0 Å². The van der Waals surface area contributed by atoms with Gasteiger partial charge in [0, 0.05) is 120 Å². The summed E-state index contributed by atoms with van der Waals surface area (Å²) in [6.45, 7) is 4.79. The number of imide groups is 2. The van der Waals surface area contributed by atoms with Gasteiger partial charge in [-0.05, 0) is 50.2 Å². The zero-order chi connectivity index (χ0) is 47.3. The minimum atomic E-state index is -3.67. The van der Waals surface area contributed by atoms with Gasteiger partial charge in [0.2, 0.25) is 0 Å². The number of hydrogen-bond donors (Lipinski definition) is 4. The van der Waals surface area contributed by atoms with Crippen LogP contribution in [0.3, 0.4) is 0 Å². The molecule has 4 heterocycles. The van der Waals surface area contributed by atoms with Crippen molar-refractivity contribution in [1.82, 2.24) is 29.6 Å². The number of nitrogens with zero attached hydrogens (tertiary/aromatic N) is 6. The van der Waals surface area contributed by atoms with Crippen LogP contribution in [-0.4, -0.2) is 129 Å². The number of nitro benzene ring substituents is 2. The van der Waals surface area contributed by atoms with Gasteiger partial charge in [0.1, 0.15) is 0 Å². The van der Waals surface area contributed by atoms with Gasteiger partial charge in [-0.25, -0.2) is 0 Å². The van der Waals surface area contributed by atoms with Crippen LogP contribution in [0.15, 0.2) is 60.7 Å². The Morgan fingerprint density at radius 1 is 0.578 bits per heavy atom. The fourth-order valence-corrected chi connectivity index (χ4v) is 8.00. The maximum absolute atomic E-state index is 13.8. The predicted octanol–water partition coefficient (Wildman–Crippen LogP) is 3.65. The third kappa shape index (κ3) is 9.32. The minimum Gasteiger partial charge on any atom is -0.344 e. The molecule has 22 nitrogen and oxygen atoms in total. The Morgan fingerprint density at radius 3 is 1.20 bits per heavy atom. The number of fused-ring (bicyclic) bond motifs is 10. The summed E-state index contributed by atoms with van der Waals surface area (Å²) in [7, 11) is -3.72. The topological polar surface area (TPSA) is 304 Å². The highest BCUT2D eigenvalue weighted by Gasteiger charge is 2.40. The first-order valence-corrected chi connectivity index (χ1v) is 22.9. The Bertz CT molecular complexity index is 2990. The smallest absolute Gasteiger partial charge is 0.270 e. The summed E-state index contributed by atoms with van der Waals surface area (Å²) in [6.07, 6.45) is 1.43. The molecule has 4 amide bonds. The van der Waals surface area contributed by atoms with Gasteiger partial charge in [-0.3, -0.25) is 58.3 Å². The van der Waals surface area contributed by atoms with E-state index in [4.69, 9.17) is 9.11 Å². The Morgan fingerprint density at radius 2 is 0.891 bits per heavy atom. The van der Waals surface area contributed by atoms with E-state index in [2.05, 4.69) is 10.6 Å². The predicted molar refractivity (Wildman–Crippen MR) is 235 cm³/mol. The van der Waals surface area contributed by atoms with Crippen LogP contribution in [0, 0.1) is 20.2 Å². The van der Waals surface area contributed by atoms with Gasteiger partial charge in [-0.1, -0.05) is 0 Å². The molecule has 0 radical (unpaired) electrons. The van der Waals surface area contributed by atoms with Crippen molar-refractivity contribution in [3.63, 3.8) is 0 Å². The highest BCUT2D eigenvalue weighted by molar-refractivity contribution is 7.85. The first kappa shape index (κ1) is 46.8. The maximum Gasteiger partial charge on any atom is 0.270 e. The molecule has 24 heteroatoms. The molecule has 2 aliphatic heterocycles. The van der Waals surface area contributed by atoms with Crippen molar-refractivity contribution in [3.05, 3.63) is 103 Å². The summed E-state index contributed by atoms with van der Waals surface area (Å²) >= 11 is 0. The second-order valence-electron chi connectivity index (χ2n) is 15.4. The van der Waals surface area contributed by atoms with Gasteiger partial charge in [0.25, 0.3) is 55.2 Å². The summed E-state index contributed by atoms with van der Waals surface area (Å²) < 4.78 is 55.4. The van der Waals surface area contributed by atoms with Gasteiger partial charge in [-0.2, -0.15) is 16.8 Å². The van der Waals surface area contributed by atoms with E-state index >= 15 is 0 Å². The molecule has 0 bridgehead atoms. The number of carbonyl (C=O) groups is 4. The molecular weight excluding hydrogens is 881 g/mol. The molecule has 4 N–H and O–H groups in total.